The van der Waals surface area contributed by atoms with Gasteiger partial charge in [-0.05, 0) is 43.9 Å². The zero-order valence-corrected chi connectivity index (χ0v) is 13.1. The van der Waals surface area contributed by atoms with Gasteiger partial charge in [0.2, 0.25) is 5.91 Å². The first kappa shape index (κ1) is 16.3. The van der Waals surface area contributed by atoms with Gasteiger partial charge in [-0.25, -0.2) is 4.79 Å². The Morgan fingerprint density at radius 2 is 2.14 bits per heavy atom. The number of nitrogens with zero attached hydrogens (tertiary/aromatic N) is 1. The number of urea groups is 1. The van der Waals surface area contributed by atoms with Crippen LogP contribution in [0.15, 0.2) is 18.2 Å². The molecule has 3 amide bonds. The molecule has 0 unspecified atom stereocenters. The van der Waals surface area contributed by atoms with E-state index in [-0.39, 0.29) is 24.6 Å². The zero-order chi connectivity index (χ0) is 16.1. The van der Waals surface area contributed by atoms with Crippen LogP contribution in [0.5, 0.6) is 0 Å². The van der Waals surface area contributed by atoms with Gasteiger partial charge in [0, 0.05) is 37.5 Å². The number of likely N-dealkylation sites (tertiary alicyclic amines) is 1. The van der Waals surface area contributed by atoms with Crippen LogP contribution < -0.4 is 10.6 Å². The van der Waals surface area contributed by atoms with Gasteiger partial charge in [0.25, 0.3) is 0 Å². The van der Waals surface area contributed by atoms with Crippen LogP contribution in [0.1, 0.15) is 31.7 Å². The molecule has 1 aliphatic heterocycles. The molecule has 1 saturated heterocycles. The number of aryl methyl sites for hydroxylation is 1. The second-order valence-corrected chi connectivity index (χ2v) is 5.64. The molecule has 120 valence electrons. The molecular formula is C16H23N3O3. The Kier molecular flexibility index (Phi) is 5.38. The number of rotatable bonds is 4. The molecule has 0 saturated carbocycles. The van der Waals surface area contributed by atoms with E-state index in [0.717, 1.165) is 18.4 Å². The maximum absolute atomic E-state index is 12.4. The van der Waals surface area contributed by atoms with Crippen molar-refractivity contribution < 1.29 is 14.7 Å². The summed E-state index contributed by atoms with van der Waals surface area (Å²) in [6.07, 6.45) is 2.50. The maximum atomic E-state index is 12.4. The highest BCUT2D eigenvalue weighted by Gasteiger charge is 2.28. The van der Waals surface area contributed by atoms with Gasteiger partial charge in [-0.2, -0.15) is 0 Å². The number of aliphatic hydroxyl groups is 1. The first-order valence-corrected chi connectivity index (χ1v) is 7.58. The first-order chi connectivity index (χ1) is 10.5. The summed E-state index contributed by atoms with van der Waals surface area (Å²) in [6.45, 7) is 4.15. The maximum Gasteiger partial charge on any atom is 0.322 e. The number of benzene rings is 1. The second-order valence-electron chi connectivity index (χ2n) is 5.64. The monoisotopic (exact) mass is 305 g/mol. The average Bonchev–Trinajstić information content (AvgIpc) is 2.91. The van der Waals surface area contributed by atoms with Gasteiger partial charge in [0.1, 0.15) is 0 Å². The second kappa shape index (κ2) is 7.26. The summed E-state index contributed by atoms with van der Waals surface area (Å²) in [5, 5.41) is 14.7. The lowest BCUT2D eigenvalue weighted by Gasteiger charge is -2.25. The van der Waals surface area contributed by atoms with Crippen molar-refractivity contribution in [1.29, 1.82) is 0 Å². The van der Waals surface area contributed by atoms with Gasteiger partial charge in [0.05, 0.1) is 0 Å². The Balaban J connectivity index is 2.09. The summed E-state index contributed by atoms with van der Waals surface area (Å²) in [4.78, 5) is 25.3. The molecule has 1 fully saturated rings. The highest BCUT2D eigenvalue weighted by Crippen LogP contribution is 2.24. The minimum Gasteiger partial charge on any atom is -0.396 e. The van der Waals surface area contributed by atoms with Crippen molar-refractivity contribution in [3.05, 3.63) is 23.8 Å². The van der Waals surface area contributed by atoms with E-state index < -0.39 is 0 Å². The fourth-order valence-corrected chi connectivity index (χ4v) is 2.78. The molecule has 0 aromatic heterocycles. The quantitative estimate of drug-likeness (QED) is 0.798. The van der Waals surface area contributed by atoms with Gasteiger partial charge >= 0.3 is 6.03 Å². The van der Waals surface area contributed by atoms with E-state index in [0.29, 0.717) is 24.3 Å². The minimum atomic E-state index is -0.154. The average molecular weight is 305 g/mol. The number of nitrogens with one attached hydrogen (secondary N) is 2. The smallest absolute Gasteiger partial charge is 0.322 e. The summed E-state index contributed by atoms with van der Waals surface area (Å²) in [5.74, 6) is -0.149. The molecule has 6 heteroatoms. The third kappa shape index (κ3) is 3.98. The number of carbonyl (C=O) groups excluding carboxylic acids is 2. The topological polar surface area (TPSA) is 81.7 Å². The van der Waals surface area contributed by atoms with E-state index in [4.69, 9.17) is 5.11 Å². The Hall–Kier alpha value is -2.08. The lowest BCUT2D eigenvalue weighted by Crippen LogP contribution is -2.39. The van der Waals surface area contributed by atoms with Crippen LogP contribution in [0.2, 0.25) is 0 Å². The van der Waals surface area contributed by atoms with Crippen LogP contribution in [0.3, 0.4) is 0 Å². The molecule has 0 aliphatic carbocycles. The minimum absolute atomic E-state index is 0.0888. The number of hydrogen-bond donors (Lipinski definition) is 3. The van der Waals surface area contributed by atoms with E-state index in [1.807, 2.05) is 13.0 Å². The largest absolute Gasteiger partial charge is 0.396 e. The van der Waals surface area contributed by atoms with E-state index >= 15 is 0 Å². The van der Waals surface area contributed by atoms with Crippen molar-refractivity contribution in [2.24, 2.45) is 0 Å². The van der Waals surface area contributed by atoms with Crippen molar-refractivity contribution in [2.45, 2.75) is 39.2 Å². The molecule has 1 aromatic rings. The van der Waals surface area contributed by atoms with Gasteiger partial charge < -0.3 is 20.6 Å². The highest BCUT2D eigenvalue weighted by atomic mass is 16.3. The predicted molar refractivity (Wildman–Crippen MR) is 85.9 cm³/mol. The third-order valence-corrected chi connectivity index (χ3v) is 3.90. The molecule has 2 rings (SSSR count). The van der Waals surface area contributed by atoms with Gasteiger partial charge in [-0.3, -0.25) is 4.79 Å². The number of carbonyl (C=O) groups is 2. The van der Waals surface area contributed by atoms with Crippen LogP contribution >= 0.6 is 0 Å². The van der Waals surface area contributed by atoms with E-state index in [9.17, 15) is 9.59 Å². The fourth-order valence-electron chi connectivity index (χ4n) is 2.78. The van der Waals surface area contributed by atoms with Crippen molar-refractivity contribution in [1.82, 2.24) is 4.90 Å². The van der Waals surface area contributed by atoms with Gasteiger partial charge in [-0.15, -0.1) is 0 Å². The Morgan fingerprint density at radius 3 is 2.82 bits per heavy atom. The molecule has 1 atom stereocenters. The molecule has 1 heterocycles. The lowest BCUT2D eigenvalue weighted by molar-refractivity contribution is -0.114. The summed E-state index contributed by atoms with van der Waals surface area (Å²) in [7, 11) is 0. The Morgan fingerprint density at radius 1 is 1.36 bits per heavy atom. The van der Waals surface area contributed by atoms with Crippen molar-refractivity contribution in [2.75, 3.05) is 23.8 Å². The van der Waals surface area contributed by atoms with E-state index in [1.165, 1.54) is 6.92 Å². The van der Waals surface area contributed by atoms with Crippen LogP contribution in [0.25, 0.3) is 0 Å². The molecule has 1 aromatic carbocycles. The predicted octanol–water partition coefficient (Wildman–Crippen LogP) is 2.33. The first-order valence-electron chi connectivity index (χ1n) is 7.58. The SMILES string of the molecule is CC(=O)Nc1ccc(C)c(NC(=O)N2CCC[C@H]2CCO)c1. The molecule has 1 aliphatic rings. The normalized spacial score (nSPS) is 17.4. The van der Waals surface area contributed by atoms with Gasteiger partial charge in [-0.1, -0.05) is 6.07 Å². The number of aliphatic hydroxyl groups excluding tert-OH is 1. The summed E-state index contributed by atoms with van der Waals surface area (Å²) in [5.41, 5.74) is 2.27. The number of anilines is 2. The fraction of sp³-hybridized carbons (Fsp3) is 0.500. The van der Waals surface area contributed by atoms with Crippen molar-refractivity contribution in [3.8, 4) is 0 Å². The molecule has 0 bridgehead atoms. The summed E-state index contributed by atoms with van der Waals surface area (Å²) >= 11 is 0. The molecule has 22 heavy (non-hydrogen) atoms. The zero-order valence-electron chi connectivity index (χ0n) is 13.1. The van der Waals surface area contributed by atoms with Crippen LogP contribution in [0, 0.1) is 6.92 Å². The Bertz CT molecular complexity index is 560. The van der Waals surface area contributed by atoms with Crippen molar-refractivity contribution in [3.63, 3.8) is 0 Å². The van der Waals surface area contributed by atoms with Crippen molar-refractivity contribution >= 4 is 23.3 Å². The lowest BCUT2D eigenvalue weighted by atomic mass is 10.1. The standard InChI is InChI=1S/C16H23N3O3/c1-11-5-6-13(17-12(2)21)10-15(11)18-16(22)19-8-3-4-14(19)7-9-20/h5-6,10,14,20H,3-4,7-9H2,1-2H3,(H,17,21)(H,18,22)/t14-/m0/s1. The third-order valence-electron chi connectivity index (χ3n) is 3.90. The summed E-state index contributed by atoms with van der Waals surface area (Å²) in [6, 6.07) is 5.36. The summed E-state index contributed by atoms with van der Waals surface area (Å²) < 4.78 is 0. The molecular weight excluding hydrogens is 282 g/mol. The van der Waals surface area contributed by atoms with E-state index in [1.54, 1.807) is 17.0 Å². The number of amides is 3. The highest BCUT2D eigenvalue weighted by molar-refractivity contribution is 5.93. The van der Waals surface area contributed by atoms with Crippen LogP contribution in [-0.2, 0) is 4.79 Å². The van der Waals surface area contributed by atoms with E-state index in [2.05, 4.69) is 10.6 Å². The number of hydrogen-bond acceptors (Lipinski definition) is 3. The molecule has 3 N–H and O–H groups in total. The van der Waals surface area contributed by atoms with Crippen LogP contribution in [0.4, 0.5) is 16.2 Å². The van der Waals surface area contributed by atoms with Gasteiger partial charge in [0.15, 0.2) is 0 Å². The molecule has 0 spiro atoms. The Labute approximate surface area is 130 Å². The molecule has 0 radical (unpaired) electrons. The molecule has 6 nitrogen and oxygen atoms in total. The van der Waals surface area contributed by atoms with Crippen LogP contribution in [-0.4, -0.2) is 41.1 Å².